The minimum atomic E-state index is -4.51. The van der Waals surface area contributed by atoms with Crippen LogP contribution in [-0.4, -0.2) is 50.6 Å². The summed E-state index contributed by atoms with van der Waals surface area (Å²) >= 11 is 1.08. The number of hydrogen-bond acceptors (Lipinski definition) is 5. The molecular formula is C19H25F3N2O3S. The molecule has 1 aliphatic heterocycles. The van der Waals surface area contributed by atoms with Crippen molar-refractivity contribution >= 4 is 17.7 Å². The summed E-state index contributed by atoms with van der Waals surface area (Å²) in [5.74, 6) is -0.539. The second kappa shape index (κ2) is 8.92. The van der Waals surface area contributed by atoms with Crippen molar-refractivity contribution in [2.75, 3.05) is 26.6 Å². The first kappa shape index (κ1) is 21.3. The Kier molecular flexibility index (Phi) is 6.77. The van der Waals surface area contributed by atoms with Gasteiger partial charge in [0.1, 0.15) is 5.75 Å². The molecule has 0 aromatic heterocycles. The van der Waals surface area contributed by atoms with E-state index in [1.165, 1.54) is 13.5 Å². The molecule has 1 heterocycles. The largest absolute Gasteiger partial charge is 0.496 e. The number of benzene rings is 1. The van der Waals surface area contributed by atoms with Gasteiger partial charge in [0, 0.05) is 23.6 Å². The molecule has 1 aromatic carbocycles. The van der Waals surface area contributed by atoms with Crippen molar-refractivity contribution in [3.05, 3.63) is 23.3 Å². The number of hydrogen-bond donors (Lipinski definition) is 2. The average molecular weight is 418 g/mol. The van der Waals surface area contributed by atoms with Crippen LogP contribution in [0.3, 0.4) is 0 Å². The third-order valence-corrected chi connectivity index (χ3v) is 6.05. The number of methoxy groups -OCH3 is 1. The van der Waals surface area contributed by atoms with Gasteiger partial charge in [-0.25, -0.2) is 0 Å². The van der Waals surface area contributed by atoms with E-state index < -0.39 is 17.6 Å². The van der Waals surface area contributed by atoms with Gasteiger partial charge in [0.15, 0.2) is 0 Å². The highest BCUT2D eigenvalue weighted by Crippen LogP contribution is 2.38. The Morgan fingerprint density at radius 1 is 1.25 bits per heavy atom. The lowest BCUT2D eigenvalue weighted by atomic mass is 9.90. The molecule has 0 unspecified atom stereocenters. The molecule has 1 aromatic rings. The van der Waals surface area contributed by atoms with Crippen molar-refractivity contribution in [1.82, 2.24) is 10.6 Å². The van der Waals surface area contributed by atoms with Crippen molar-refractivity contribution < 1.29 is 27.4 Å². The summed E-state index contributed by atoms with van der Waals surface area (Å²) in [6, 6.07) is 2.16. The van der Waals surface area contributed by atoms with Crippen LogP contribution in [0.25, 0.3) is 0 Å². The van der Waals surface area contributed by atoms with Crippen LogP contribution in [0.4, 0.5) is 13.2 Å². The van der Waals surface area contributed by atoms with Gasteiger partial charge in [-0.05, 0) is 37.7 Å². The van der Waals surface area contributed by atoms with E-state index in [-0.39, 0.29) is 28.3 Å². The maximum atomic E-state index is 13.1. The normalized spacial score (nSPS) is 23.2. The van der Waals surface area contributed by atoms with Crippen molar-refractivity contribution in [1.29, 1.82) is 0 Å². The van der Waals surface area contributed by atoms with Crippen LogP contribution < -0.4 is 15.4 Å². The predicted molar refractivity (Wildman–Crippen MR) is 101 cm³/mol. The van der Waals surface area contributed by atoms with Crippen LogP contribution >= 0.6 is 11.8 Å². The van der Waals surface area contributed by atoms with Gasteiger partial charge in [-0.3, -0.25) is 4.79 Å². The van der Waals surface area contributed by atoms with Crippen LogP contribution in [0.2, 0.25) is 0 Å². The van der Waals surface area contributed by atoms with Crippen LogP contribution in [0, 0.1) is 0 Å². The molecule has 5 nitrogen and oxygen atoms in total. The molecule has 3 rings (SSSR count). The molecule has 156 valence electrons. The van der Waals surface area contributed by atoms with Crippen molar-refractivity contribution in [2.24, 2.45) is 0 Å². The Balaban J connectivity index is 1.82. The molecule has 0 spiro atoms. The van der Waals surface area contributed by atoms with Gasteiger partial charge < -0.3 is 20.1 Å². The summed E-state index contributed by atoms with van der Waals surface area (Å²) in [7, 11) is 1.26. The van der Waals surface area contributed by atoms with E-state index in [2.05, 4.69) is 10.6 Å². The number of thioether (sulfide) groups is 1. The zero-order valence-corrected chi connectivity index (χ0v) is 16.7. The first-order valence-electron chi connectivity index (χ1n) is 9.31. The highest BCUT2D eigenvalue weighted by Gasteiger charge is 2.35. The Morgan fingerprint density at radius 3 is 2.57 bits per heavy atom. The van der Waals surface area contributed by atoms with Crippen molar-refractivity contribution in [3.63, 3.8) is 0 Å². The third kappa shape index (κ3) is 4.75. The maximum Gasteiger partial charge on any atom is 0.416 e. The third-order valence-electron chi connectivity index (χ3n) is 5.29. The average Bonchev–Trinajstić information content (AvgIpc) is 2.63. The SMILES string of the molecule is COc1cc(C(F)(F)F)cc(SC)c1C(=O)N[C@H]1COCC[C@@H]1NC1CCC1. The monoisotopic (exact) mass is 418 g/mol. The molecular weight excluding hydrogens is 393 g/mol. The molecule has 1 aliphatic carbocycles. The Labute approximate surface area is 166 Å². The van der Waals surface area contributed by atoms with E-state index in [0.29, 0.717) is 19.3 Å². The number of nitrogens with one attached hydrogen (secondary N) is 2. The second-order valence-corrected chi connectivity index (χ2v) is 7.95. The molecule has 0 radical (unpaired) electrons. The molecule has 28 heavy (non-hydrogen) atoms. The fourth-order valence-electron chi connectivity index (χ4n) is 3.50. The Hall–Kier alpha value is -1.45. The zero-order chi connectivity index (χ0) is 20.3. The van der Waals surface area contributed by atoms with Crippen LogP contribution in [0.5, 0.6) is 5.75 Å². The summed E-state index contributed by atoms with van der Waals surface area (Å²) in [6.45, 7) is 0.990. The highest BCUT2D eigenvalue weighted by molar-refractivity contribution is 7.98. The molecule has 1 amide bonds. The van der Waals surface area contributed by atoms with E-state index in [4.69, 9.17) is 9.47 Å². The molecule has 9 heteroatoms. The molecule has 2 N–H and O–H groups in total. The fourth-order valence-corrected chi connectivity index (χ4v) is 4.14. The molecule has 1 saturated heterocycles. The lowest BCUT2D eigenvalue weighted by Gasteiger charge is -2.38. The van der Waals surface area contributed by atoms with E-state index in [1.807, 2.05) is 0 Å². The van der Waals surface area contributed by atoms with Crippen molar-refractivity contribution in [2.45, 2.75) is 54.9 Å². The predicted octanol–water partition coefficient (Wildman–Crippen LogP) is 3.47. The van der Waals surface area contributed by atoms with Gasteiger partial charge in [-0.2, -0.15) is 13.2 Å². The molecule has 1 saturated carbocycles. The van der Waals surface area contributed by atoms with E-state index in [0.717, 1.165) is 43.2 Å². The van der Waals surface area contributed by atoms with E-state index in [9.17, 15) is 18.0 Å². The van der Waals surface area contributed by atoms with Crippen LogP contribution in [0.1, 0.15) is 41.6 Å². The quantitative estimate of drug-likeness (QED) is 0.693. The summed E-state index contributed by atoms with van der Waals surface area (Å²) in [5, 5.41) is 6.51. The minimum absolute atomic E-state index is 0.0844. The number of halogens is 3. The summed E-state index contributed by atoms with van der Waals surface area (Å²) < 4.78 is 50.1. The zero-order valence-electron chi connectivity index (χ0n) is 15.9. The summed E-state index contributed by atoms with van der Waals surface area (Å²) in [6.07, 6.45) is 1.36. The number of carbonyl (C=O) groups is 1. The topological polar surface area (TPSA) is 59.6 Å². The Morgan fingerprint density at radius 2 is 2.00 bits per heavy atom. The number of ether oxygens (including phenoxy) is 2. The van der Waals surface area contributed by atoms with Gasteiger partial charge in [-0.15, -0.1) is 11.8 Å². The number of alkyl halides is 3. The lowest BCUT2D eigenvalue weighted by molar-refractivity contribution is -0.137. The van der Waals surface area contributed by atoms with E-state index >= 15 is 0 Å². The summed E-state index contributed by atoms with van der Waals surface area (Å²) in [5.41, 5.74) is -0.716. The fraction of sp³-hybridized carbons (Fsp3) is 0.632. The van der Waals surface area contributed by atoms with Crippen molar-refractivity contribution in [3.8, 4) is 5.75 Å². The van der Waals surface area contributed by atoms with Crippen LogP contribution in [0.15, 0.2) is 17.0 Å². The maximum absolute atomic E-state index is 13.1. The molecule has 2 fully saturated rings. The van der Waals surface area contributed by atoms with Gasteiger partial charge in [-0.1, -0.05) is 6.42 Å². The van der Waals surface area contributed by atoms with Crippen LogP contribution in [-0.2, 0) is 10.9 Å². The van der Waals surface area contributed by atoms with Gasteiger partial charge in [0.05, 0.1) is 30.9 Å². The van der Waals surface area contributed by atoms with Gasteiger partial charge in [0.2, 0.25) is 0 Å². The minimum Gasteiger partial charge on any atom is -0.496 e. The summed E-state index contributed by atoms with van der Waals surface area (Å²) in [4.78, 5) is 13.2. The smallest absolute Gasteiger partial charge is 0.416 e. The second-order valence-electron chi connectivity index (χ2n) is 7.10. The lowest BCUT2D eigenvalue weighted by Crippen LogP contribution is -2.58. The number of rotatable bonds is 6. The Bertz CT molecular complexity index is 685. The van der Waals surface area contributed by atoms with Gasteiger partial charge >= 0.3 is 6.18 Å². The number of amides is 1. The van der Waals surface area contributed by atoms with Gasteiger partial charge in [0.25, 0.3) is 5.91 Å². The first-order chi connectivity index (χ1) is 13.3. The molecule has 0 bridgehead atoms. The van der Waals surface area contributed by atoms with E-state index in [1.54, 1.807) is 6.26 Å². The first-order valence-corrected chi connectivity index (χ1v) is 10.5. The highest BCUT2D eigenvalue weighted by atomic mass is 32.2. The number of carbonyl (C=O) groups excluding carboxylic acids is 1. The standard InChI is InChI=1S/C19H25F3N2O3S/c1-26-15-8-11(19(20,21)22)9-16(28-2)17(15)18(25)24-14-10-27-7-6-13(14)23-12-4-3-5-12/h8-9,12-14,23H,3-7,10H2,1-2H3,(H,24,25)/t13-,14-/m0/s1. The molecule has 2 aliphatic rings. The molecule has 2 atom stereocenters.